The van der Waals surface area contributed by atoms with E-state index in [1.54, 1.807) is 12.1 Å². The maximum absolute atomic E-state index is 13.0. The standard InChI is InChI=1S/C20H16N2O7/c1-9(23)8-13(24)12-6-7-20(14(15(12)25)16(26)21-19(20)29)22-17(27)10-4-2-3-5-11(10)18(22)28/h2-7,9,12,14,23H,8H2,1H3,(H,21,26,29). The molecule has 4 atom stereocenters. The monoisotopic (exact) mass is 396 g/mol. The Morgan fingerprint density at radius 2 is 1.72 bits per heavy atom. The highest BCUT2D eigenvalue weighted by Crippen LogP contribution is 2.42. The molecule has 1 aliphatic carbocycles. The van der Waals surface area contributed by atoms with Crippen LogP contribution in [-0.4, -0.2) is 56.8 Å². The van der Waals surface area contributed by atoms with E-state index in [-0.39, 0.29) is 17.5 Å². The lowest BCUT2D eigenvalue weighted by Crippen LogP contribution is -2.62. The van der Waals surface area contributed by atoms with Crippen LogP contribution in [0.2, 0.25) is 0 Å². The smallest absolute Gasteiger partial charge is 0.262 e. The lowest BCUT2D eigenvalue weighted by molar-refractivity contribution is -0.141. The number of aliphatic hydroxyl groups is 1. The zero-order valence-corrected chi connectivity index (χ0v) is 15.2. The second kappa shape index (κ2) is 6.28. The molecule has 1 aromatic rings. The molecule has 9 heteroatoms. The van der Waals surface area contributed by atoms with E-state index in [0.29, 0.717) is 4.90 Å². The van der Waals surface area contributed by atoms with Crippen LogP contribution in [0.25, 0.3) is 0 Å². The van der Waals surface area contributed by atoms with E-state index >= 15 is 0 Å². The summed E-state index contributed by atoms with van der Waals surface area (Å²) in [6.07, 6.45) is 0.936. The molecular weight excluding hydrogens is 380 g/mol. The van der Waals surface area contributed by atoms with Gasteiger partial charge in [0.1, 0.15) is 11.7 Å². The Balaban J connectivity index is 1.84. The van der Waals surface area contributed by atoms with E-state index in [1.165, 1.54) is 19.1 Å². The number of benzene rings is 1. The van der Waals surface area contributed by atoms with Crippen molar-refractivity contribution in [3.8, 4) is 0 Å². The Morgan fingerprint density at radius 3 is 2.28 bits per heavy atom. The van der Waals surface area contributed by atoms with Gasteiger partial charge in [-0.15, -0.1) is 0 Å². The van der Waals surface area contributed by atoms with Crippen molar-refractivity contribution in [3.05, 3.63) is 47.5 Å². The number of aliphatic hydroxyl groups excluding tert-OH is 1. The average molecular weight is 396 g/mol. The number of Topliss-reactive ketones (excluding diaryl/α,β-unsaturated/α-hetero) is 2. The summed E-state index contributed by atoms with van der Waals surface area (Å²) in [5.74, 6) is -8.15. The van der Waals surface area contributed by atoms with Crippen LogP contribution in [0.15, 0.2) is 36.4 Å². The summed E-state index contributed by atoms with van der Waals surface area (Å²) in [4.78, 5) is 77.1. The molecule has 0 aromatic heterocycles. The topological polar surface area (TPSA) is 138 Å². The van der Waals surface area contributed by atoms with Crippen molar-refractivity contribution in [1.29, 1.82) is 0 Å². The molecule has 0 radical (unpaired) electrons. The van der Waals surface area contributed by atoms with Gasteiger partial charge in [0.25, 0.3) is 17.7 Å². The normalized spacial score (nSPS) is 29.0. The predicted molar refractivity (Wildman–Crippen MR) is 95.3 cm³/mol. The summed E-state index contributed by atoms with van der Waals surface area (Å²) in [6, 6.07) is 5.93. The number of hydrogen-bond donors (Lipinski definition) is 2. The SMILES string of the molecule is CC(O)CC(=O)C1C=CC2(N3C(=O)c4ccccc4C3=O)C(=O)NC(=O)C2C1=O. The first-order chi connectivity index (χ1) is 13.7. The average Bonchev–Trinajstić information content (AvgIpc) is 3.06. The number of carbonyl (C=O) groups is 6. The number of allylic oxidation sites excluding steroid dienone is 1. The third-order valence-corrected chi connectivity index (χ3v) is 5.44. The van der Waals surface area contributed by atoms with Gasteiger partial charge in [-0.25, -0.2) is 0 Å². The third-order valence-electron chi connectivity index (χ3n) is 5.44. The number of ketones is 2. The van der Waals surface area contributed by atoms with Crippen molar-refractivity contribution in [1.82, 2.24) is 10.2 Å². The molecule has 1 saturated heterocycles. The molecule has 4 unspecified atom stereocenters. The number of nitrogens with one attached hydrogen (secondary N) is 1. The number of rotatable bonds is 4. The molecular formula is C20H16N2O7. The van der Waals surface area contributed by atoms with Crippen molar-refractivity contribution in [2.24, 2.45) is 11.8 Å². The van der Waals surface area contributed by atoms with Crippen LogP contribution >= 0.6 is 0 Å². The van der Waals surface area contributed by atoms with Crippen molar-refractivity contribution < 1.29 is 33.9 Å². The first kappa shape index (κ1) is 18.9. The zero-order chi connectivity index (χ0) is 21.1. The van der Waals surface area contributed by atoms with E-state index in [9.17, 15) is 33.9 Å². The van der Waals surface area contributed by atoms with Gasteiger partial charge in [-0.1, -0.05) is 24.3 Å². The fourth-order valence-electron chi connectivity index (χ4n) is 4.17. The minimum atomic E-state index is -2.16. The number of imide groups is 2. The highest BCUT2D eigenvalue weighted by atomic mass is 16.3. The van der Waals surface area contributed by atoms with Gasteiger partial charge in [-0.2, -0.15) is 0 Å². The van der Waals surface area contributed by atoms with E-state index in [1.807, 2.05) is 5.32 Å². The van der Waals surface area contributed by atoms with Crippen molar-refractivity contribution in [2.45, 2.75) is 25.0 Å². The molecule has 3 aliphatic rings. The molecule has 2 heterocycles. The van der Waals surface area contributed by atoms with Gasteiger partial charge >= 0.3 is 0 Å². The molecule has 29 heavy (non-hydrogen) atoms. The van der Waals surface area contributed by atoms with E-state index in [0.717, 1.165) is 12.2 Å². The molecule has 0 saturated carbocycles. The van der Waals surface area contributed by atoms with Crippen LogP contribution < -0.4 is 5.32 Å². The van der Waals surface area contributed by atoms with Crippen LogP contribution in [0.4, 0.5) is 0 Å². The quantitative estimate of drug-likeness (QED) is 0.393. The number of fused-ring (bicyclic) bond motifs is 2. The van der Waals surface area contributed by atoms with Crippen LogP contribution in [0.5, 0.6) is 0 Å². The predicted octanol–water partition coefficient (Wildman–Crippen LogP) is -0.611. The van der Waals surface area contributed by atoms with Gasteiger partial charge in [-0.05, 0) is 19.1 Å². The molecule has 0 spiro atoms. The summed E-state index contributed by atoms with van der Waals surface area (Å²) in [5, 5.41) is 11.4. The molecule has 4 rings (SSSR count). The van der Waals surface area contributed by atoms with Crippen molar-refractivity contribution >= 4 is 35.2 Å². The second-order valence-corrected chi connectivity index (χ2v) is 7.33. The molecule has 1 fully saturated rings. The van der Waals surface area contributed by atoms with Crippen LogP contribution in [-0.2, 0) is 19.2 Å². The van der Waals surface area contributed by atoms with Gasteiger partial charge in [-0.3, -0.25) is 39.0 Å². The highest BCUT2D eigenvalue weighted by Gasteiger charge is 2.67. The van der Waals surface area contributed by atoms with Crippen LogP contribution in [0, 0.1) is 11.8 Å². The van der Waals surface area contributed by atoms with Crippen molar-refractivity contribution in [2.75, 3.05) is 0 Å². The van der Waals surface area contributed by atoms with Gasteiger partial charge in [0.2, 0.25) is 5.91 Å². The first-order valence-corrected chi connectivity index (χ1v) is 8.97. The Hall–Kier alpha value is -3.46. The Bertz CT molecular complexity index is 1010. The Labute approximate surface area is 164 Å². The molecule has 148 valence electrons. The summed E-state index contributed by atoms with van der Waals surface area (Å²) in [7, 11) is 0. The Kier molecular flexibility index (Phi) is 4.09. The minimum absolute atomic E-state index is 0.0610. The van der Waals surface area contributed by atoms with Gasteiger partial charge in [0.05, 0.1) is 23.1 Å². The van der Waals surface area contributed by atoms with Crippen molar-refractivity contribution in [3.63, 3.8) is 0 Å². The zero-order valence-electron chi connectivity index (χ0n) is 15.2. The molecule has 2 N–H and O–H groups in total. The van der Waals surface area contributed by atoms with E-state index < -0.39 is 58.7 Å². The minimum Gasteiger partial charge on any atom is -0.393 e. The largest absolute Gasteiger partial charge is 0.393 e. The number of nitrogens with zero attached hydrogens (tertiary/aromatic N) is 1. The molecule has 2 aliphatic heterocycles. The second-order valence-electron chi connectivity index (χ2n) is 7.33. The summed E-state index contributed by atoms with van der Waals surface area (Å²) in [5.41, 5.74) is -2.04. The van der Waals surface area contributed by atoms with E-state index in [2.05, 4.69) is 0 Å². The fourth-order valence-corrected chi connectivity index (χ4v) is 4.17. The van der Waals surface area contributed by atoms with E-state index in [4.69, 9.17) is 0 Å². The molecule has 0 bridgehead atoms. The van der Waals surface area contributed by atoms with Gasteiger partial charge < -0.3 is 5.11 Å². The number of hydrogen-bond acceptors (Lipinski definition) is 7. The maximum Gasteiger partial charge on any atom is 0.262 e. The van der Waals surface area contributed by atoms with Crippen LogP contribution in [0.1, 0.15) is 34.1 Å². The van der Waals surface area contributed by atoms with Gasteiger partial charge in [0, 0.05) is 6.42 Å². The molecule has 1 aromatic carbocycles. The van der Waals surface area contributed by atoms with Gasteiger partial charge in [0.15, 0.2) is 11.3 Å². The maximum atomic E-state index is 13.0. The highest BCUT2D eigenvalue weighted by molar-refractivity contribution is 6.30. The Morgan fingerprint density at radius 1 is 1.14 bits per heavy atom. The lowest BCUT2D eigenvalue weighted by atomic mass is 9.71. The lowest BCUT2D eigenvalue weighted by Gasteiger charge is -2.38. The third kappa shape index (κ3) is 2.44. The molecule has 4 amide bonds. The number of carbonyl (C=O) groups excluding carboxylic acids is 6. The van der Waals surface area contributed by atoms with Crippen LogP contribution in [0.3, 0.4) is 0 Å². The molecule has 9 nitrogen and oxygen atoms in total. The fraction of sp³-hybridized carbons (Fsp3) is 0.300. The summed E-state index contributed by atoms with van der Waals surface area (Å²) >= 11 is 0. The first-order valence-electron chi connectivity index (χ1n) is 8.97. The number of amides is 4. The summed E-state index contributed by atoms with van der Waals surface area (Å²) in [6.45, 7) is 1.38. The summed E-state index contributed by atoms with van der Waals surface area (Å²) < 4.78 is 0.